The molecule has 0 amide bonds. The standard InChI is InChI=1S/C18H32O4/c1-7-18(11-9-8-10-12-18)22-14(19)13-21-15(20)17(5,6)16(2,3)4/h7-13H2,1-6H3. The van der Waals surface area contributed by atoms with Gasteiger partial charge < -0.3 is 9.47 Å². The lowest BCUT2D eigenvalue weighted by Gasteiger charge is -2.37. The first-order valence-electron chi connectivity index (χ1n) is 8.43. The van der Waals surface area contributed by atoms with E-state index in [0.29, 0.717) is 0 Å². The van der Waals surface area contributed by atoms with E-state index in [0.717, 1.165) is 32.1 Å². The quantitative estimate of drug-likeness (QED) is 0.712. The van der Waals surface area contributed by atoms with Gasteiger partial charge in [-0.1, -0.05) is 34.1 Å². The Morgan fingerprint density at radius 2 is 1.55 bits per heavy atom. The first-order valence-corrected chi connectivity index (χ1v) is 8.43. The first-order chi connectivity index (χ1) is 10.0. The van der Waals surface area contributed by atoms with Gasteiger partial charge in [0.1, 0.15) is 5.60 Å². The summed E-state index contributed by atoms with van der Waals surface area (Å²) in [5, 5.41) is 0. The summed E-state index contributed by atoms with van der Waals surface area (Å²) in [5.41, 5.74) is -1.23. The summed E-state index contributed by atoms with van der Waals surface area (Å²) in [6.07, 6.45) is 6.04. The van der Waals surface area contributed by atoms with Gasteiger partial charge in [-0.3, -0.25) is 4.79 Å². The monoisotopic (exact) mass is 312 g/mol. The van der Waals surface area contributed by atoms with E-state index >= 15 is 0 Å². The second kappa shape index (κ2) is 7.01. The van der Waals surface area contributed by atoms with Crippen LogP contribution in [0.1, 0.15) is 80.1 Å². The van der Waals surface area contributed by atoms with Gasteiger partial charge in [0.25, 0.3) is 0 Å². The predicted molar refractivity (Wildman–Crippen MR) is 86.4 cm³/mol. The van der Waals surface area contributed by atoms with Crippen molar-refractivity contribution in [2.45, 2.75) is 85.7 Å². The molecule has 0 N–H and O–H groups in total. The second-order valence-electron chi connectivity index (χ2n) is 8.02. The van der Waals surface area contributed by atoms with E-state index in [4.69, 9.17) is 9.47 Å². The molecule has 0 bridgehead atoms. The number of hydrogen-bond acceptors (Lipinski definition) is 4. The first kappa shape index (κ1) is 19.0. The summed E-state index contributed by atoms with van der Waals surface area (Å²) in [4.78, 5) is 24.3. The third kappa shape index (κ3) is 4.47. The van der Waals surface area contributed by atoms with Gasteiger partial charge in [-0.15, -0.1) is 0 Å². The van der Waals surface area contributed by atoms with Crippen molar-refractivity contribution in [2.75, 3.05) is 6.61 Å². The molecule has 4 heteroatoms. The van der Waals surface area contributed by atoms with Gasteiger partial charge in [-0.05, 0) is 51.4 Å². The van der Waals surface area contributed by atoms with Gasteiger partial charge in [0.05, 0.1) is 5.41 Å². The lowest BCUT2D eigenvalue weighted by atomic mass is 9.69. The zero-order valence-electron chi connectivity index (χ0n) is 15.1. The molecule has 0 unspecified atom stereocenters. The molecule has 0 aromatic carbocycles. The molecular formula is C18H32O4. The van der Waals surface area contributed by atoms with Crippen LogP contribution in [0, 0.1) is 10.8 Å². The van der Waals surface area contributed by atoms with E-state index in [1.165, 1.54) is 6.42 Å². The second-order valence-corrected chi connectivity index (χ2v) is 8.02. The lowest BCUT2D eigenvalue weighted by Crippen LogP contribution is -2.41. The number of esters is 2. The Labute approximate surface area is 134 Å². The fourth-order valence-corrected chi connectivity index (χ4v) is 2.61. The van der Waals surface area contributed by atoms with Gasteiger partial charge in [0.15, 0.2) is 6.61 Å². The SMILES string of the molecule is CCC1(OC(=O)COC(=O)C(C)(C)C(C)(C)C)CCCCC1. The van der Waals surface area contributed by atoms with Gasteiger partial charge in [0.2, 0.25) is 0 Å². The van der Waals surface area contributed by atoms with E-state index < -0.39 is 11.4 Å². The average Bonchev–Trinajstić information content (AvgIpc) is 2.44. The van der Waals surface area contributed by atoms with E-state index in [1.807, 2.05) is 41.5 Å². The van der Waals surface area contributed by atoms with Crippen LogP contribution in [0.15, 0.2) is 0 Å². The summed E-state index contributed by atoms with van der Waals surface area (Å²) >= 11 is 0. The van der Waals surface area contributed by atoms with E-state index in [2.05, 4.69) is 0 Å². The minimum atomic E-state index is -0.652. The van der Waals surface area contributed by atoms with Crippen molar-refractivity contribution in [1.29, 1.82) is 0 Å². The highest BCUT2D eigenvalue weighted by molar-refractivity contribution is 5.80. The molecule has 1 rings (SSSR count). The predicted octanol–water partition coefficient (Wildman–Crippen LogP) is 4.26. The van der Waals surface area contributed by atoms with Gasteiger partial charge in [-0.25, -0.2) is 4.79 Å². The van der Waals surface area contributed by atoms with E-state index in [9.17, 15) is 9.59 Å². The van der Waals surface area contributed by atoms with Crippen LogP contribution in [0.25, 0.3) is 0 Å². The maximum Gasteiger partial charge on any atom is 0.344 e. The molecule has 4 nitrogen and oxygen atoms in total. The molecule has 0 atom stereocenters. The molecule has 0 aromatic heterocycles. The molecule has 0 spiro atoms. The molecule has 0 radical (unpaired) electrons. The average molecular weight is 312 g/mol. The Morgan fingerprint density at radius 3 is 2.00 bits per heavy atom. The fraction of sp³-hybridized carbons (Fsp3) is 0.889. The van der Waals surface area contributed by atoms with Gasteiger partial charge >= 0.3 is 11.9 Å². The normalized spacial score (nSPS) is 18.6. The summed E-state index contributed by atoms with van der Waals surface area (Å²) in [7, 11) is 0. The zero-order chi connectivity index (χ0) is 17.0. The lowest BCUT2D eigenvalue weighted by molar-refractivity contribution is -0.178. The molecule has 0 aromatic rings. The van der Waals surface area contributed by atoms with Crippen molar-refractivity contribution in [2.24, 2.45) is 10.8 Å². The van der Waals surface area contributed by atoms with Crippen molar-refractivity contribution in [3.63, 3.8) is 0 Å². The zero-order valence-corrected chi connectivity index (χ0v) is 15.1. The Morgan fingerprint density at radius 1 is 1.00 bits per heavy atom. The number of carbonyl (C=O) groups excluding carboxylic acids is 2. The highest BCUT2D eigenvalue weighted by atomic mass is 16.6. The molecule has 1 aliphatic carbocycles. The topological polar surface area (TPSA) is 52.6 Å². The highest BCUT2D eigenvalue weighted by Gasteiger charge is 2.42. The Bertz CT molecular complexity index is 398. The fourth-order valence-electron chi connectivity index (χ4n) is 2.61. The minimum absolute atomic E-state index is 0.234. The molecular weight excluding hydrogens is 280 g/mol. The van der Waals surface area contributed by atoms with Crippen molar-refractivity contribution in [1.82, 2.24) is 0 Å². The maximum atomic E-state index is 12.2. The summed E-state index contributed by atoms with van der Waals surface area (Å²) in [5.74, 6) is -0.784. The van der Waals surface area contributed by atoms with Crippen molar-refractivity contribution in [3.05, 3.63) is 0 Å². The van der Waals surface area contributed by atoms with Crippen LogP contribution in [-0.2, 0) is 19.1 Å². The smallest absolute Gasteiger partial charge is 0.344 e. The Balaban J connectivity index is 2.54. The molecule has 1 fully saturated rings. The van der Waals surface area contributed by atoms with Crippen LogP contribution in [-0.4, -0.2) is 24.1 Å². The largest absolute Gasteiger partial charge is 0.457 e. The van der Waals surface area contributed by atoms with Crippen molar-refractivity contribution < 1.29 is 19.1 Å². The van der Waals surface area contributed by atoms with Crippen LogP contribution in [0.2, 0.25) is 0 Å². The van der Waals surface area contributed by atoms with Crippen LogP contribution in [0.4, 0.5) is 0 Å². The number of hydrogen-bond donors (Lipinski definition) is 0. The molecule has 0 saturated heterocycles. The molecule has 22 heavy (non-hydrogen) atoms. The van der Waals surface area contributed by atoms with Crippen LogP contribution >= 0.6 is 0 Å². The third-order valence-corrected chi connectivity index (χ3v) is 5.45. The van der Waals surface area contributed by atoms with Crippen molar-refractivity contribution in [3.8, 4) is 0 Å². The van der Waals surface area contributed by atoms with Crippen molar-refractivity contribution >= 4 is 11.9 Å². The van der Waals surface area contributed by atoms with E-state index in [-0.39, 0.29) is 23.6 Å². The third-order valence-electron chi connectivity index (χ3n) is 5.45. The van der Waals surface area contributed by atoms with Crippen LogP contribution < -0.4 is 0 Å². The van der Waals surface area contributed by atoms with Crippen LogP contribution in [0.5, 0.6) is 0 Å². The number of rotatable bonds is 5. The molecule has 128 valence electrons. The summed E-state index contributed by atoms with van der Waals surface area (Å²) < 4.78 is 10.9. The van der Waals surface area contributed by atoms with Gasteiger partial charge in [-0.2, -0.15) is 0 Å². The molecule has 0 heterocycles. The summed E-state index contributed by atoms with van der Waals surface area (Å²) in [6.45, 7) is 11.4. The Hall–Kier alpha value is -1.06. The van der Waals surface area contributed by atoms with Gasteiger partial charge in [0, 0.05) is 0 Å². The number of carbonyl (C=O) groups is 2. The molecule has 1 saturated carbocycles. The highest BCUT2D eigenvalue weighted by Crippen LogP contribution is 2.39. The Kier molecular flexibility index (Phi) is 6.05. The number of ether oxygens (including phenoxy) is 2. The molecule has 1 aliphatic rings. The minimum Gasteiger partial charge on any atom is -0.457 e. The summed E-state index contributed by atoms with van der Waals surface area (Å²) in [6, 6.07) is 0. The van der Waals surface area contributed by atoms with E-state index in [1.54, 1.807) is 0 Å². The molecule has 0 aliphatic heterocycles. The maximum absolute atomic E-state index is 12.2. The van der Waals surface area contributed by atoms with Crippen LogP contribution in [0.3, 0.4) is 0 Å².